The molecule has 0 bridgehead atoms. The van der Waals surface area contributed by atoms with Crippen molar-refractivity contribution < 1.29 is 23.9 Å². The molecule has 0 saturated heterocycles. The fraction of sp³-hybridized carbons (Fsp3) is 0.158. The van der Waals surface area contributed by atoms with Gasteiger partial charge in [-0.05, 0) is 35.9 Å². The van der Waals surface area contributed by atoms with E-state index in [2.05, 4.69) is 10.9 Å². The van der Waals surface area contributed by atoms with Crippen LogP contribution in [0, 0.1) is 11.3 Å². The molecular weight excluding hydrogens is 386 g/mol. The lowest BCUT2D eigenvalue weighted by Crippen LogP contribution is -2.45. The van der Waals surface area contributed by atoms with Crippen LogP contribution in [0.1, 0.15) is 15.9 Å². The normalized spacial score (nSPS) is 9.71. The van der Waals surface area contributed by atoms with E-state index in [0.717, 1.165) is 0 Å². The first-order valence-electron chi connectivity index (χ1n) is 8.07. The van der Waals surface area contributed by atoms with Gasteiger partial charge in [-0.15, -0.1) is 0 Å². The van der Waals surface area contributed by atoms with Crippen molar-refractivity contribution in [2.24, 2.45) is 0 Å². The Morgan fingerprint density at radius 3 is 2.29 bits per heavy atom. The minimum Gasteiger partial charge on any atom is -0.484 e. The molecule has 0 unspecified atom stereocenters. The molecule has 8 nitrogen and oxygen atoms in total. The van der Waals surface area contributed by atoms with Gasteiger partial charge in [-0.25, -0.2) is 4.79 Å². The van der Waals surface area contributed by atoms with Crippen LogP contribution < -0.4 is 15.6 Å². The van der Waals surface area contributed by atoms with Crippen molar-refractivity contribution in [3.05, 3.63) is 64.7 Å². The van der Waals surface area contributed by atoms with Gasteiger partial charge in [-0.3, -0.25) is 20.4 Å². The smallest absolute Gasteiger partial charge is 0.338 e. The molecule has 0 spiro atoms. The molecule has 0 heterocycles. The summed E-state index contributed by atoms with van der Waals surface area (Å²) in [6.45, 7) is -0.929. The highest BCUT2D eigenvalue weighted by atomic mass is 35.5. The van der Waals surface area contributed by atoms with Gasteiger partial charge in [-0.2, -0.15) is 5.26 Å². The number of carbonyl (C=O) groups is 3. The van der Waals surface area contributed by atoms with E-state index in [-0.39, 0.29) is 18.6 Å². The van der Waals surface area contributed by atoms with E-state index in [1.807, 2.05) is 6.07 Å². The van der Waals surface area contributed by atoms with Crippen LogP contribution in [-0.2, 0) is 20.7 Å². The molecule has 9 heteroatoms. The van der Waals surface area contributed by atoms with Gasteiger partial charge in [0.25, 0.3) is 11.8 Å². The predicted molar refractivity (Wildman–Crippen MR) is 99.3 cm³/mol. The standard InChI is InChI=1S/C19H16ClN3O5/c20-14-5-7-15(8-6-14)27-11-17(24)22-23-18(25)12-28-19(26)16-4-2-1-3-13(16)9-10-21/h1-8H,9,11-12H2,(H,22,24)(H,23,25). The number of rotatable bonds is 7. The molecule has 0 aliphatic heterocycles. The van der Waals surface area contributed by atoms with Crippen LogP contribution in [0.25, 0.3) is 0 Å². The van der Waals surface area contributed by atoms with Gasteiger partial charge in [-0.1, -0.05) is 29.8 Å². The molecular formula is C19H16ClN3O5. The number of nitrogens with one attached hydrogen (secondary N) is 2. The van der Waals surface area contributed by atoms with Crippen LogP contribution in [0.15, 0.2) is 48.5 Å². The maximum Gasteiger partial charge on any atom is 0.338 e. The van der Waals surface area contributed by atoms with Crippen LogP contribution in [0.3, 0.4) is 0 Å². The van der Waals surface area contributed by atoms with Crippen LogP contribution in [0.2, 0.25) is 5.02 Å². The van der Waals surface area contributed by atoms with Crippen molar-refractivity contribution in [3.63, 3.8) is 0 Å². The summed E-state index contributed by atoms with van der Waals surface area (Å²) in [6, 6.07) is 14.8. The molecule has 0 aliphatic carbocycles. The van der Waals surface area contributed by atoms with Gasteiger partial charge in [0.2, 0.25) is 0 Å². The summed E-state index contributed by atoms with van der Waals surface area (Å²) in [4.78, 5) is 35.4. The van der Waals surface area contributed by atoms with Gasteiger partial charge in [0, 0.05) is 5.02 Å². The predicted octanol–water partition coefficient (Wildman–Crippen LogP) is 1.79. The van der Waals surface area contributed by atoms with Gasteiger partial charge >= 0.3 is 5.97 Å². The zero-order valence-electron chi connectivity index (χ0n) is 14.6. The minimum atomic E-state index is -0.738. The fourth-order valence-electron chi connectivity index (χ4n) is 2.06. The molecule has 0 saturated carbocycles. The van der Waals surface area contributed by atoms with Crippen LogP contribution in [0.4, 0.5) is 0 Å². The highest BCUT2D eigenvalue weighted by Gasteiger charge is 2.14. The molecule has 2 amide bonds. The summed E-state index contributed by atoms with van der Waals surface area (Å²) in [5.74, 6) is -1.63. The second kappa shape index (κ2) is 10.5. The van der Waals surface area contributed by atoms with Gasteiger partial charge in [0.1, 0.15) is 5.75 Å². The molecule has 2 rings (SSSR count). The van der Waals surface area contributed by atoms with Gasteiger partial charge < -0.3 is 9.47 Å². The first-order chi connectivity index (χ1) is 13.5. The number of nitriles is 1. The second-order valence-corrected chi connectivity index (χ2v) is 5.84. The van der Waals surface area contributed by atoms with Crippen molar-refractivity contribution in [1.29, 1.82) is 5.26 Å². The average molecular weight is 402 g/mol. The lowest BCUT2D eigenvalue weighted by atomic mass is 10.1. The van der Waals surface area contributed by atoms with E-state index in [1.54, 1.807) is 42.5 Å². The number of amides is 2. The molecule has 28 heavy (non-hydrogen) atoms. The summed E-state index contributed by atoms with van der Waals surface area (Å²) in [6.07, 6.45) is 0.0428. The van der Waals surface area contributed by atoms with Crippen LogP contribution in [0.5, 0.6) is 5.75 Å². The number of benzene rings is 2. The first-order valence-corrected chi connectivity index (χ1v) is 8.45. The third-order valence-corrected chi connectivity index (χ3v) is 3.62. The number of esters is 1. The highest BCUT2D eigenvalue weighted by molar-refractivity contribution is 6.30. The Hall–Kier alpha value is -3.57. The fourth-order valence-corrected chi connectivity index (χ4v) is 2.18. The largest absolute Gasteiger partial charge is 0.484 e. The summed E-state index contributed by atoms with van der Waals surface area (Å²) in [5, 5.41) is 9.31. The van der Waals surface area contributed by atoms with E-state index in [9.17, 15) is 14.4 Å². The topological polar surface area (TPSA) is 118 Å². The molecule has 0 radical (unpaired) electrons. The molecule has 0 aromatic heterocycles. The Kier molecular flexibility index (Phi) is 7.81. The van der Waals surface area contributed by atoms with E-state index >= 15 is 0 Å². The number of ether oxygens (including phenoxy) is 2. The van der Waals surface area contributed by atoms with Crippen LogP contribution >= 0.6 is 11.6 Å². The van der Waals surface area contributed by atoms with E-state index in [4.69, 9.17) is 26.3 Å². The van der Waals surface area contributed by atoms with Crippen molar-refractivity contribution in [3.8, 4) is 11.8 Å². The van der Waals surface area contributed by atoms with E-state index in [1.165, 1.54) is 6.07 Å². The molecule has 0 atom stereocenters. The Morgan fingerprint density at radius 1 is 0.964 bits per heavy atom. The molecule has 0 fully saturated rings. The first kappa shape index (κ1) is 20.7. The van der Waals surface area contributed by atoms with E-state index in [0.29, 0.717) is 16.3 Å². The molecule has 2 aromatic rings. The number of hydrogen-bond donors (Lipinski definition) is 2. The van der Waals surface area contributed by atoms with E-state index < -0.39 is 24.4 Å². The third kappa shape index (κ3) is 6.63. The number of carbonyl (C=O) groups excluding carboxylic acids is 3. The second-order valence-electron chi connectivity index (χ2n) is 5.41. The summed E-state index contributed by atoms with van der Waals surface area (Å²) >= 11 is 5.74. The quantitative estimate of drug-likeness (QED) is 0.539. The lowest BCUT2D eigenvalue weighted by molar-refractivity contribution is -0.131. The zero-order valence-corrected chi connectivity index (χ0v) is 15.4. The van der Waals surface area contributed by atoms with Gasteiger partial charge in [0.15, 0.2) is 13.2 Å². The Labute approximate surface area is 166 Å². The molecule has 2 N–H and O–H groups in total. The maximum atomic E-state index is 12.0. The molecule has 144 valence electrons. The summed E-state index contributed by atoms with van der Waals surface area (Å²) in [5.41, 5.74) is 4.95. The lowest BCUT2D eigenvalue weighted by Gasteiger charge is -2.10. The third-order valence-electron chi connectivity index (χ3n) is 3.37. The number of nitrogens with zero attached hydrogens (tertiary/aromatic N) is 1. The number of hydrazine groups is 1. The maximum absolute atomic E-state index is 12.0. The summed E-state index contributed by atoms with van der Waals surface area (Å²) in [7, 11) is 0. The zero-order chi connectivity index (χ0) is 20.4. The highest BCUT2D eigenvalue weighted by Crippen LogP contribution is 2.15. The van der Waals surface area contributed by atoms with Crippen molar-refractivity contribution >= 4 is 29.4 Å². The summed E-state index contributed by atoms with van der Waals surface area (Å²) < 4.78 is 10.1. The van der Waals surface area contributed by atoms with Crippen molar-refractivity contribution in [1.82, 2.24) is 10.9 Å². The Bertz CT molecular complexity index is 893. The van der Waals surface area contributed by atoms with Crippen LogP contribution in [-0.4, -0.2) is 31.0 Å². The molecule has 0 aliphatic rings. The van der Waals surface area contributed by atoms with Gasteiger partial charge in [0.05, 0.1) is 18.1 Å². The Balaban J connectivity index is 1.72. The Morgan fingerprint density at radius 2 is 1.61 bits per heavy atom. The van der Waals surface area contributed by atoms with Crippen molar-refractivity contribution in [2.45, 2.75) is 6.42 Å². The number of hydrogen-bond acceptors (Lipinski definition) is 6. The average Bonchev–Trinajstić information content (AvgIpc) is 2.70. The van der Waals surface area contributed by atoms with Crippen molar-refractivity contribution in [2.75, 3.05) is 13.2 Å². The monoisotopic (exact) mass is 401 g/mol. The minimum absolute atomic E-state index is 0.0428. The molecule has 2 aromatic carbocycles. The number of halogens is 1. The SMILES string of the molecule is N#CCc1ccccc1C(=O)OCC(=O)NNC(=O)COc1ccc(Cl)cc1.